The van der Waals surface area contributed by atoms with Crippen molar-refractivity contribution in [2.75, 3.05) is 6.61 Å². The number of benzene rings is 1. The number of para-hydroxylation sites is 1. The minimum absolute atomic E-state index is 0.0588. The smallest absolute Gasteiger partial charge is 0.273 e. The summed E-state index contributed by atoms with van der Waals surface area (Å²) in [6, 6.07) is 9.36. The highest BCUT2D eigenvalue weighted by Gasteiger charge is 2.21. The second-order valence-corrected chi connectivity index (χ2v) is 5.00. The van der Waals surface area contributed by atoms with Gasteiger partial charge in [-0.3, -0.25) is 4.79 Å². The first-order chi connectivity index (χ1) is 10.3. The van der Waals surface area contributed by atoms with E-state index in [1.807, 2.05) is 42.5 Å². The van der Waals surface area contributed by atoms with Gasteiger partial charge < -0.3 is 10.4 Å². The van der Waals surface area contributed by atoms with Crippen LogP contribution in [-0.2, 0) is 0 Å². The fourth-order valence-electron chi connectivity index (χ4n) is 2.31. The molecule has 21 heavy (non-hydrogen) atoms. The molecule has 108 valence electrons. The van der Waals surface area contributed by atoms with Crippen molar-refractivity contribution in [1.82, 2.24) is 20.3 Å². The van der Waals surface area contributed by atoms with E-state index in [4.69, 9.17) is 5.11 Å². The van der Waals surface area contributed by atoms with Gasteiger partial charge in [-0.1, -0.05) is 30.4 Å². The van der Waals surface area contributed by atoms with Gasteiger partial charge in [-0.2, -0.15) is 9.90 Å². The van der Waals surface area contributed by atoms with Crippen LogP contribution in [-0.4, -0.2) is 38.7 Å². The molecule has 1 amide bonds. The van der Waals surface area contributed by atoms with Crippen molar-refractivity contribution in [2.45, 2.75) is 12.5 Å². The van der Waals surface area contributed by atoms with Crippen LogP contribution >= 0.6 is 0 Å². The van der Waals surface area contributed by atoms with Crippen LogP contribution in [0.2, 0.25) is 0 Å². The third-order valence-electron chi connectivity index (χ3n) is 3.43. The van der Waals surface area contributed by atoms with Crippen LogP contribution in [0.5, 0.6) is 0 Å². The number of carbonyl (C=O) groups is 1. The Labute approximate surface area is 122 Å². The molecule has 0 unspecified atom stereocenters. The van der Waals surface area contributed by atoms with Crippen LogP contribution in [0.1, 0.15) is 16.9 Å². The summed E-state index contributed by atoms with van der Waals surface area (Å²) in [6.07, 6.45) is 5.99. The molecule has 2 N–H and O–H groups in total. The molecule has 2 atom stereocenters. The molecule has 0 saturated heterocycles. The van der Waals surface area contributed by atoms with E-state index in [0.717, 1.165) is 12.1 Å². The molecule has 1 aliphatic rings. The van der Waals surface area contributed by atoms with Gasteiger partial charge in [-0.15, -0.1) is 5.10 Å². The molecule has 0 saturated carbocycles. The number of aromatic nitrogens is 3. The Morgan fingerprint density at radius 3 is 2.86 bits per heavy atom. The van der Waals surface area contributed by atoms with E-state index in [2.05, 4.69) is 15.5 Å². The van der Waals surface area contributed by atoms with E-state index in [9.17, 15) is 4.79 Å². The largest absolute Gasteiger partial charge is 0.396 e. The fourth-order valence-corrected chi connectivity index (χ4v) is 2.31. The zero-order chi connectivity index (χ0) is 14.7. The molecule has 1 aromatic heterocycles. The Morgan fingerprint density at radius 1 is 1.33 bits per heavy atom. The molecule has 1 aromatic carbocycles. The van der Waals surface area contributed by atoms with Crippen molar-refractivity contribution in [1.29, 1.82) is 0 Å². The van der Waals surface area contributed by atoms with E-state index in [1.165, 1.54) is 11.0 Å². The summed E-state index contributed by atoms with van der Waals surface area (Å²) in [6.45, 7) is 0.104. The van der Waals surface area contributed by atoms with Gasteiger partial charge in [0.2, 0.25) is 0 Å². The molecule has 1 heterocycles. The Morgan fingerprint density at radius 2 is 2.14 bits per heavy atom. The summed E-state index contributed by atoms with van der Waals surface area (Å²) < 4.78 is 0. The van der Waals surface area contributed by atoms with Gasteiger partial charge >= 0.3 is 0 Å². The van der Waals surface area contributed by atoms with Gasteiger partial charge in [-0.25, -0.2) is 0 Å². The highest BCUT2D eigenvalue weighted by Crippen LogP contribution is 2.17. The second kappa shape index (κ2) is 5.88. The molecular weight excluding hydrogens is 268 g/mol. The van der Waals surface area contributed by atoms with Crippen LogP contribution in [0.15, 0.2) is 48.7 Å². The molecule has 0 aliphatic heterocycles. The summed E-state index contributed by atoms with van der Waals surface area (Å²) in [7, 11) is 0. The molecule has 0 bridgehead atoms. The zero-order valence-corrected chi connectivity index (χ0v) is 11.4. The van der Waals surface area contributed by atoms with Gasteiger partial charge in [-0.05, 0) is 18.6 Å². The first kappa shape index (κ1) is 13.5. The Bertz CT molecular complexity index is 651. The van der Waals surface area contributed by atoms with E-state index >= 15 is 0 Å². The van der Waals surface area contributed by atoms with E-state index in [-0.39, 0.29) is 30.2 Å². The van der Waals surface area contributed by atoms with Crippen LogP contribution in [0.3, 0.4) is 0 Å². The molecule has 6 heteroatoms. The lowest BCUT2D eigenvalue weighted by Gasteiger charge is -2.11. The third kappa shape index (κ3) is 3.00. The zero-order valence-electron chi connectivity index (χ0n) is 11.4. The first-order valence-corrected chi connectivity index (χ1v) is 6.84. The quantitative estimate of drug-likeness (QED) is 0.819. The van der Waals surface area contributed by atoms with Crippen molar-refractivity contribution in [3.05, 3.63) is 54.4 Å². The van der Waals surface area contributed by atoms with Gasteiger partial charge in [0.05, 0.1) is 11.9 Å². The van der Waals surface area contributed by atoms with Crippen LogP contribution in [0, 0.1) is 5.92 Å². The van der Waals surface area contributed by atoms with Crippen molar-refractivity contribution >= 4 is 5.91 Å². The molecular formula is C15H16N4O2. The molecule has 0 radical (unpaired) electrons. The van der Waals surface area contributed by atoms with Gasteiger partial charge in [0.15, 0.2) is 5.69 Å². The SMILES string of the molecule is O=C(N[C@@H]1C=C[C@H](CO)C1)c1cnn(-c2ccccc2)n1. The van der Waals surface area contributed by atoms with Crippen molar-refractivity contribution in [2.24, 2.45) is 5.92 Å². The Balaban J connectivity index is 1.66. The number of nitrogens with one attached hydrogen (secondary N) is 1. The monoisotopic (exact) mass is 284 g/mol. The van der Waals surface area contributed by atoms with Gasteiger partial charge in [0.25, 0.3) is 5.91 Å². The van der Waals surface area contributed by atoms with Gasteiger partial charge in [0.1, 0.15) is 0 Å². The van der Waals surface area contributed by atoms with Crippen LogP contribution < -0.4 is 5.32 Å². The Kier molecular flexibility index (Phi) is 3.79. The molecule has 0 fully saturated rings. The topological polar surface area (TPSA) is 80.0 Å². The molecule has 2 aromatic rings. The predicted octanol–water partition coefficient (Wildman–Crippen LogP) is 0.934. The lowest BCUT2D eigenvalue weighted by molar-refractivity contribution is 0.0935. The standard InChI is InChI=1S/C15H16N4O2/c20-10-11-6-7-12(8-11)17-15(21)14-9-16-19(18-14)13-4-2-1-3-5-13/h1-7,9,11-12,20H,8,10H2,(H,17,21)/t11-,12+/m0/s1. The number of hydrogen-bond donors (Lipinski definition) is 2. The summed E-state index contributed by atoms with van der Waals surface area (Å²) in [5.41, 5.74) is 1.08. The highest BCUT2D eigenvalue weighted by molar-refractivity contribution is 5.92. The van der Waals surface area contributed by atoms with Gasteiger partial charge in [0, 0.05) is 18.6 Å². The number of hydrogen-bond acceptors (Lipinski definition) is 4. The summed E-state index contributed by atoms with van der Waals surface area (Å²) in [5.74, 6) is -0.138. The predicted molar refractivity (Wildman–Crippen MR) is 76.9 cm³/mol. The number of rotatable bonds is 4. The average Bonchev–Trinajstić information content (AvgIpc) is 3.17. The lowest BCUT2D eigenvalue weighted by atomic mass is 10.1. The lowest BCUT2D eigenvalue weighted by Crippen LogP contribution is -2.33. The maximum absolute atomic E-state index is 12.1. The van der Waals surface area contributed by atoms with Crippen LogP contribution in [0.4, 0.5) is 0 Å². The minimum atomic E-state index is -0.259. The summed E-state index contributed by atoms with van der Waals surface area (Å²) in [5, 5.41) is 20.2. The number of aliphatic hydroxyl groups excluding tert-OH is 1. The first-order valence-electron chi connectivity index (χ1n) is 6.84. The number of carbonyl (C=O) groups excluding carboxylic acids is 1. The van der Waals surface area contributed by atoms with E-state index in [0.29, 0.717) is 0 Å². The summed E-state index contributed by atoms with van der Waals surface area (Å²) >= 11 is 0. The maximum Gasteiger partial charge on any atom is 0.273 e. The molecule has 0 spiro atoms. The second-order valence-electron chi connectivity index (χ2n) is 5.00. The molecule has 1 aliphatic carbocycles. The van der Waals surface area contributed by atoms with Crippen molar-refractivity contribution in [3.63, 3.8) is 0 Å². The number of aliphatic hydroxyl groups is 1. The maximum atomic E-state index is 12.1. The average molecular weight is 284 g/mol. The molecule has 3 rings (SSSR count). The highest BCUT2D eigenvalue weighted by atomic mass is 16.3. The normalized spacial score (nSPS) is 20.6. The number of nitrogens with zero attached hydrogens (tertiary/aromatic N) is 3. The van der Waals surface area contributed by atoms with Crippen molar-refractivity contribution in [3.8, 4) is 5.69 Å². The van der Waals surface area contributed by atoms with Crippen molar-refractivity contribution < 1.29 is 9.90 Å². The van der Waals surface area contributed by atoms with E-state index in [1.54, 1.807) is 0 Å². The van der Waals surface area contributed by atoms with E-state index < -0.39 is 0 Å². The Hall–Kier alpha value is -2.47. The third-order valence-corrected chi connectivity index (χ3v) is 3.43. The number of amides is 1. The minimum Gasteiger partial charge on any atom is -0.396 e. The van der Waals surface area contributed by atoms with Crippen LogP contribution in [0.25, 0.3) is 5.69 Å². The molecule has 6 nitrogen and oxygen atoms in total. The fraction of sp³-hybridized carbons (Fsp3) is 0.267. The summed E-state index contributed by atoms with van der Waals surface area (Å²) in [4.78, 5) is 13.5.